The molecule has 1 amide bonds. The van der Waals surface area contributed by atoms with E-state index in [2.05, 4.69) is 5.32 Å². The van der Waals surface area contributed by atoms with Crippen LogP contribution < -0.4 is 5.32 Å². The van der Waals surface area contributed by atoms with E-state index in [0.29, 0.717) is 18.8 Å². The van der Waals surface area contributed by atoms with Crippen LogP contribution in [0.4, 0.5) is 5.69 Å². The largest absolute Gasteiger partial charge is 0.322 e. The molecule has 1 N–H and O–H groups in total. The summed E-state index contributed by atoms with van der Waals surface area (Å²) in [5, 5.41) is 2.90. The van der Waals surface area contributed by atoms with Gasteiger partial charge in [0.05, 0.1) is 5.02 Å². The van der Waals surface area contributed by atoms with Crippen molar-refractivity contribution >= 4 is 33.2 Å². The van der Waals surface area contributed by atoms with E-state index in [9.17, 15) is 13.2 Å². The van der Waals surface area contributed by atoms with E-state index in [0.717, 1.165) is 18.4 Å². The number of hydrogen-bond acceptors (Lipinski definition) is 3. The molecule has 2 aromatic carbocycles. The predicted octanol–water partition coefficient (Wildman–Crippen LogP) is 3.69. The fraction of sp³-hybridized carbons (Fsp3) is 0.278. The molecule has 3 rings (SSSR count). The van der Waals surface area contributed by atoms with Gasteiger partial charge in [0.15, 0.2) is 0 Å². The lowest BCUT2D eigenvalue weighted by Gasteiger charge is -2.17. The lowest BCUT2D eigenvalue weighted by Crippen LogP contribution is -2.28. The molecule has 1 heterocycles. The van der Waals surface area contributed by atoms with Crippen LogP contribution in [0.25, 0.3) is 0 Å². The fourth-order valence-corrected chi connectivity index (χ4v) is 4.85. The lowest BCUT2D eigenvalue weighted by molar-refractivity contribution is 0.102. The third-order valence-corrected chi connectivity index (χ3v) is 6.53. The van der Waals surface area contributed by atoms with Gasteiger partial charge in [-0.1, -0.05) is 23.7 Å². The van der Waals surface area contributed by atoms with E-state index in [1.807, 2.05) is 25.1 Å². The molecule has 0 aromatic heterocycles. The van der Waals surface area contributed by atoms with Crippen LogP contribution in [0.5, 0.6) is 0 Å². The maximum atomic E-state index is 12.7. The molecular formula is C18H19ClN2O3S. The molecule has 1 aliphatic rings. The molecule has 0 radical (unpaired) electrons. The molecule has 132 valence electrons. The first kappa shape index (κ1) is 17.9. The second kappa shape index (κ2) is 7.15. The van der Waals surface area contributed by atoms with Gasteiger partial charge in [-0.15, -0.1) is 0 Å². The Morgan fingerprint density at radius 3 is 2.52 bits per heavy atom. The molecule has 1 aliphatic heterocycles. The summed E-state index contributed by atoms with van der Waals surface area (Å²) in [7, 11) is -3.68. The molecule has 0 unspecified atom stereocenters. The number of anilines is 1. The third kappa shape index (κ3) is 3.86. The van der Waals surface area contributed by atoms with Crippen LogP contribution in [0.2, 0.25) is 5.02 Å². The number of amides is 1. The number of nitrogens with one attached hydrogen (secondary N) is 1. The van der Waals surface area contributed by atoms with Crippen LogP contribution in [-0.4, -0.2) is 31.7 Å². The van der Waals surface area contributed by atoms with Crippen molar-refractivity contribution < 1.29 is 13.2 Å². The average Bonchev–Trinajstić information content (AvgIpc) is 3.10. The Morgan fingerprint density at radius 2 is 1.84 bits per heavy atom. The summed E-state index contributed by atoms with van der Waals surface area (Å²) < 4.78 is 26.9. The van der Waals surface area contributed by atoms with Gasteiger partial charge in [0.2, 0.25) is 10.0 Å². The Kier molecular flexibility index (Phi) is 5.13. The van der Waals surface area contributed by atoms with Gasteiger partial charge in [-0.3, -0.25) is 4.79 Å². The van der Waals surface area contributed by atoms with Crippen molar-refractivity contribution in [3.8, 4) is 0 Å². The maximum Gasteiger partial charge on any atom is 0.255 e. The molecule has 7 heteroatoms. The van der Waals surface area contributed by atoms with Gasteiger partial charge in [-0.05, 0) is 55.7 Å². The second-order valence-corrected chi connectivity index (χ2v) is 8.39. The summed E-state index contributed by atoms with van der Waals surface area (Å²) in [4.78, 5) is 12.5. The van der Waals surface area contributed by atoms with Gasteiger partial charge in [0.1, 0.15) is 4.90 Å². The zero-order chi connectivity index (χ0) is 18.0. The van der Waals surface area contributed by atoms with E-state index < -0.39 is 10.0 Å². The van der Waals surface area contributed by atoms with Crippen LogP contribution in [-0.2, 0) is 10.0 Å². The van der Waals surface area contributed by atoms with Crippen molar-refractivity contribution in [1.29, 1.82) is 0 Å². The first-order chi connectivity index (χ1) is 11.9. The molecular weight excluding hydrogens is 360 g/mol. The summed E-state index contributed by atoms with van der Waals surface area (Å²) in [5.74, 6) is -0.375. The van der Waals surface area contributed by atoms with Gasteiger partial charge < -0.3 is 5.32 Å². The minimum absolute atomic E-state index is 0.0204. The quantitative estimate of drug-likeness (QED) is 0.882. The molecule has 0 bridgehead atoms. The zero-order valence-corrected chi connectivity index (χ0v) is 15.4. The molecule has 0 atom stereocenters. The van der Waals surface area contributed by atoms with E-state index in [1.165, 1.54) is 22.5 Å². The number of carbonyl (C=O) groups excluding carboxylic acids is 1. The Bertz CT molecular complexity index is 906. The highest BCUT2D eigenvalue weighted by atomic mass is 35.5. The Morgan fingerprint density at radius 1 is 1.12 bits per heavy atom. The van der Waals surface area contributed by atoms with E-state index in [4.69, 9.17) is 11.6 Å². The number of halogens is 1. The van der Waals surface area contributed by atoms with Crippen LogP contribution in [0.3, 0.4) is 0 Å². The molecule has 25 heavy (non-hydrogen) atoms. The number of aryl methyl sites for hydroxylation is 1. The maximum absolute atomic E-state index is 12.7. The fourth-order valence-electron chi connectivity index (χ4n) is 2.84. The molecule has 1 saturated heterocycles. The number of benzene rings is 2. The smallest absolute Gasteiger partial charge is 0.255 e. The topological polar surface area (TPSA) is 66.5 Å². The number of nitrogens with zero attached hydrogens (tertiary/aromatic N) is 1. The molecule has 0 spiro atoms. The normalized spacial score (nSPS) is 15.3. The molecule has 5 nitrogen and oxygen atoms in total. The Labute approximate surface area is 152 Å². The molecule has 2 aromatic rings. The summed E-state index contributed by atoms with van der Waals surface area (Å²) in [6.07, 6.45) is 1.68. The van der Waals surface area contributed by atoms with Crippen LogP contribution in [0.1, 0.15) is 28.8 Å². The van der Waals surface area contributed by atoms with Crippen molar-refractivity contribution in [2.24, 2.45) is 0 Å². The van der Waals surface area contributed by atoms with Crippen molar-refractivity contribution in [1.82, 2.24) is 4.31 Å². The summed E-state index contributed by atoms with van der Waals surface area (Å²) in [6.45, 7) is 2.90. The number of hydrogen-bond donors (Lipinski definition) is 1. The predicted molar refractivity (Wildman–Crippen MR) is 98.6 cm³/mol. The van der Waals surface area contributed by atoms with E-state index in [1.54, 1.807) is 6.07 Å². The third-order valence-electron chi connectivity index (χ3n) is 4.15. The average molecular weight is 379 g/mol. The van der Waals surface area contributed by atoms with Crippen LogP contribution in [0.15, 0.2) is 47.4 Å². The van der Waals surface area contributed by atoms with E-state index in [-0.39, 0.29) is 21.4 Å². The monoisotopic (exact) mass is 378 g/mol. The van der Waals surface area contributed by atoms with E-state index >= 15 is 0 Å². The first-order valence-electron chi connectivity index (χ1n) is 8.05. The van der Waals surface area contributed by atoms with Gasteiger partial charge in [-0.2, -0.15) is 4.31 Å². The summed E-state index contributed by atoms with van der Waals surface area (Å²) >= 11 is 6.11. The van der Waals surface area contributed by atoms with Crippen molar-refractivity contribution in [3.05, 3.63) is 58.6 Å². The Hall–Kier alpha value is -1.89. The van der Waals surface area contributed by atoms with Gasteiger partial charge in [0.25, 0.3) is 5.91 Å². The standard InChI is InChI=1S/C18H19ClN2O3S/c1-13-5-4-6-15(11-13)20-18(22)14-7-8-16(19)17(12-14)25(23,24)21-9-2-3-10-21/h4-8,11-12H,2-3,9-10H2,1H3,(H,20,22). The molecule has 0 saturated carbocycles. The van der Waals surface area contributed by atoms with Crippen LogP contribution >= 0.6 is 11.6 Å². The Balaban J connectivity index is 1.89. The van der Waals surface area contributed by atoms with Crippen molar-refractivity contribution in [2.75, 3.05) is 18.4 Å². The highest BCUT2D eigenvalue weighted by molar-refractivity contribution is 7.89. The first-order valence-corrected chi connectivity index (χ1v) is 9.87. The summed E-state index contributed by atoms with van der Waals surface area (Å²) in [6, 6.07) is 11.7. The number of rotatable bonds is 4. The zero-order valence-electron chi connectivity index (χ0n) is 13.8. The number of sulfonamides is 1. The molecule has 1 fully saturated rings. The SMILES string of the molecule is Cc1cccc(NC(=O)c2ccc(Cl)c(S(=O)(=O)N3CCCC3)c2)c1. The molecule has 0 aliphatic carbocycles. The van der Waals surface area contributed by atoms with Gasteiger partial charge >= 0.3 is 0 Å². The second-order valence-electron chi connectivity index (χ2n) is 6.08. The minimum Gasteiger partial charge on any atom is -0.322 e. The highest BCUT2D eigenvalue weighted by Crippen LogP contribution is 2.28. The number of carbonyl (C=O) groups is 1. The van der Waals surface area contributed by atoms with Gasteiger partial charge in [-0.25, -0.2) is 8.42 Å². The highest BCUT2D eigenvalue weighted by Gasteiger charge is 2.29. The minimum atomic E-state index is -3.68. The lowest BCUT2D eigenvalue weighted by atomic mass is 10.2. The summed E-state index contributed by atoms with van der Waals surface area (Å²) in [5.41, 5.74) is 1.93. The van der Waals surface area contributed by atoms with Gasteiger partial charge in [0, 0.05) is 24.3 Å². The van der Waals surface area contributed by atoms with Crippen molar-refractivity contribution in [2.45, 2.75) is 24.7 Å². The van der Waals surface area contributed by atoms with Crippen LogP contribution in [0, 0.1) is 6.92 Å². The van der Waals surface area contributed by atoms with Crippen molar-refractivity contribution in [3.63, 3.8) is 0 Å².